The van der Waals surface area contributed by atoms with E-state index in [0.29, 0.717) is 17.4 Å². The van der Waals surface area contributed by atoms with E-state index in [1.165, 1.54) is 10.9 Å². The smallest absolute Gasteiger partial charge is 0.261 e. The van der Waals surface area contributed by atoms with Crippen molar-refractivity contribution >= 4 is 27.6 Å². The number of fused-ring (bicyclic) bond motifs is 2. The Bertz CT molecular complexity index is 1190. The first-order chi connectivity index (χ1) is 13.1. The fourth-order valence-corrected chi connectivity index (χ4v) is 3.26. The van der Waals surface area contributed by atoms with E-state index in [2.05, 4.69) is 23.2 Å². The minimum Gasteiger partial charge on any atom is -0.340 e. The number of carbonyl (C=O) groups excluding carboxylic acids is 1. The highest BCUT2D eigenvalue weighted by atomic mass is 16.2. The SMILES string of the molecule is CN(Cc1cccc2ccccc12)C(=O)Cn1cnc2ccccc2c1=O. The topological polar surface area (TPSA) is 55.2 Å². The number of aromatic nitrogens is 2. The fraction of sp³-hybridized carbons (Fsp3) is 0.136. The standard InChI is InChI=1S/C22H19N3O2/c1-24(13-17-9-6-8-16-7-2-3-10-18(16)17)21(26)14-25-15-23-20-12-5-4-11-19(20)22(25)27/h2-12,15H,13-14H2,1H3. The van der Waals surface area contributed by atoms with Gasteiger partial charge in [0.1, 0.15) is 6.54 Å². The molecule has 0 unspecified atom stereocenters. The number of para-hydroxylation sites is 1. The maximum absolute atomic E-state index is 12.7. The summed E-state index contributed by atoms with van der Waals surface area (Å²) in [6.07, 6.45) is 1.44. The Morgan fingerprint density at radius 1 is 0.963 bits per heavy atom. The summed E-state index contributed by atoms with van der Waals surface area (Å²) in [5.74, 6) is -0.137. The molecular formula is C22H19N3O2. The van der Waals surface area contributed by atoms with E-state index in [-0.39, 0.29) is 18.0 Å². The van der Waals surface area contributed by atoms with Crippen LogP contribution in [0.3, 0.4) is 0 Å². The third kappa shape index (κ3) is 3.31. The summed E-state index contributed by atoms with van der Waals surface area (Å²) in [5, 5.41) is 2.79. The first-order valence-electron chi connectivity index (χ1n) is 8.78. The molecule has 0 saturated carbocycles. The molecule has 27 heavy (non-hydrogen) atoms. The van der Waals surface area contributed by atoms with Gasteiger partial charge in [-0.05, 0) is 28.5 Å². The summed E-state index contributed by atoms with van der Waals surface area (Å²) in [4.78, 5) is 31.2. The van der Waals surface area contributed by atoms with Gasteiger partial charge in [0.15, 0.2) is 0 Å². The lowest BCUT2D eigenvalue weighted by Gasteiger charge is -2.19. The number of hydrogen-bond donors (Lipinski definition) is 0. The minimum atomic E-state index is -0.201. The quantitative estimate of drug-likeness (QED) is 0.564. The molecule has 0 fully saturated rings. The van der Waals surface area contributed by atoms with Gasteiger partial charge in [0.2, 0.25) is 5.91 Å². The molecule has 0 radical (unpaired) electrons. The Balaban J connectivity index is 1.56. The van der Waals surface area contributed by atoms with Gasteiger partial charge >= 0.3 is 0 Å². The summed E-state index contributed by atoms with van der Waals surface area (Å²) >= 11 is 0. The van der Waals surface area contributed by atoms with Crippen molar-refractivity contribution in [3.63, 3.8) is 0 Å². The zero-order valence-electron chi connectivity index (χ0n) is 15.0. The Labute approximate surface area is 156 Å². The number of likely N-dealkylation sites (N-methyl/N-ethyl adjacent to an activating group) is 1. The molecule has 0 spiro atoms. The van der Waals surface area contributed by atoms with E-state index in [0.717, 1.165) is 16.3 Å². The molecule has 0 N–H and O–H groups in total. The molecule has 134 valence electrons. The lowest BCUT2D eigenvalue weighted by Crippen LogP contribution is -2.33. The van der Waals surface area contributed by atoms with Crippen molar-refractivity contribution in [2.45, 2.75) is 13.1 Å². The molecule has 0 aliphatic heterocycles. The predicted molar refractivity (Wildman–Crippen MR) is 106 cm³/mol. The number of rotatable bonds is 4. The van der Waals surface area contributed by atoms with Gasteiger partial charge in [-0.1, -0.05) is 54.6 Å². The van der Waals surface area contributed by atoms with Crippen LogP contribution in [-0.2, 0) is 17.9 Å². The second-order valence-electron chi connectivity index (χ2n) is 6.58. The number of benzene rings is 3. The van der Waals surface area contributed by atoms with Crippen molar-refractivity contribution in [3.8, 4) is 0 Å². The van der Waals surface area contributed by atoms with Gasteiger partial charge in [-0.3, -0.25) is 14.2 Å². The van der Waals surface area contributed by atoms with Crippen LogP contribution in [0.4, 0.5) is 0 Å². The molecule has 5 heteroatoms. The van der Waals surface area contributed by atoms with E-state index in [1.54, 1.807) is 30.1 Å². The van der Waals surface area contributed by atoms with Crippen LogP contribution >= 0.6 is 0 Å². The highest BCUT2D eigenvalue weighted by molar-refractivity contribution is 5.86. The minimum absolute atomic E-state index is 0.0298. The summed E-state index contributed by atoms with van der Waals surface area (Å²) in [6, 6.07) is 21.3. The highest BCUT2D eigenvalue weighted by Gasteiger charge is 2.13. The molecule has 4 rings (SSSR count). The largest absolute Gasteiger partial charge is 0.340 e. The normalized spacial score (nSPS) is 11.0. The molecular weight excluding hydrogens is 338 g/mol. The Kier molecular flexibility index (Phi) is 4.42. The predicted octanol–water partition coefficient (Wildman–Crippen LogP) is 3.21. The van der Waals surface area contributed by atoms with E-state index in [9.17, 15) is 9.59 Å². The highest BCUT2D eigenvalue weighted by Crippen LogP contribution is 2.19. The van der Waals surface area contributed by atoms with E-state index < -0.39 is 0 Å². The molecule has 5 nitrogen and oxygen atoms in total. The van der Waals surface area contributed by atoms with Gasteiger partial charge in [-0.2, -0.15) is 0 Å². The zero-order valence-corrected chi connectivity index (χ0v) is 15.0. The maximum Gasteiger partial charge on any atom is 0.261 e. The van der Waals surface area contributed by atoms with Crippen molar-refractivity contribution in [2.75, 3.05) is 7.05 Å². The molecule has 1 aromatic heterocycles. The molecule has 0 aliphatic rings. The van der Waals surface area contributed by atoms with Crippen LogP contribution in [0.2, 0.25) is 0 Å². The molecule has 4 aromatic rings. The van der Waals surface area contributed by atoms with Gasteiger partial charge in [-0.25, -0.2) is 4.98 Å². The van der Waals surface area contributed by atoms with Gasteiger partial charge in [0, 0.05) is 13.6 Å². The molecule has 0 aliphatic carbocycles. The number of hydrogen-bond acceptors (Lipinski definition) is 3. The van der Waals surface area contributed by atoms with E-state index in [4.69, 9.17) is 0 Å². The average molecular weight is 357 g/mol. The number of amides is 1. The van der Waals surface area contributed by atoms with Gasteiger partial charge < -0.3 is 4.90 Å². The lowest BCUT2D eigenvalue weighted by molar-refractivity contribution is -0.131. The molecule has 3 aromatic carbocycles. The van der Waals surface area contributed by atoms with Crippen LogP contribution < -0.4 is 5.56 Å². The van der Waals surface area contributed by atoms with E-state index >= 15 is 0 Å². The van der Waals surface area contributed by atoms with Gasteiger partial charge in [0.05, 0.1) is 17.2 Å². The number of nitrogens with zero attached hydrogens (tertiary/aromatic N) is 3. The first-order valence-corrected chi connectivity index (χ1v) is 8.78. The Morgan fingerprint density at radius 3 is 2.52 bits per heavy atom. The first kappa shape index (κ1) is 17.0. The Hall–Kier alpha value is -3.47. The third-order valence-corrected chi connectivity index (χ3v) is 4.75. The molecule has 0 bridgehead atoms. The summed E-state index contributed by atoms with van der Waals surface area (Å²) < 4.78 is 1.37. The van der Waals surface area contributed by atoms with Gasteiger partial charge in [0.25, 0.3) is 5.56 Å². The zero-order chi connectivity index (χ0) is 18.8. The lowest BCUT2D eigenvalue weighted by atomic mass is 10.0. The molecule has 0 saturated heterocycles. The van der Waals surface area contributed by atoms with Crippen molar-refractivity contribution in [1.82, 2.24) is 14.5 Å². The average Bonchev–Trinajstić information content (AvgIpc) is 2.70. The van der Waals surface area contributed by atoms with Crippen LogP contribution in [0.1, 0.15) is 5.56 Å². The van der Waals surface area contributed by atoms with Crippen molar-refractivity contribution in [3.05, 3.63) is 89.0 Å². The van der Waals surface area contributed by atoms with Crippen LogP contribution in [0.5, 0.6) is 0 Å². The van der Waals surface area contributed by atoms with E-state index in [1.807, 2.05) is 30.3 Å². The summed E-state index contributed by atoms with van der Waals surface area (Å²) in [5.41, 5.74) is 1.51. The van der Waals surface area contributed by atoms with Crippen LogP contribution in [0.25, 0.3) is 21.7 Å². The van der Waals surface area contributed by atoms with Gasteiger partial charge in [-0.15, -0.1) is 0 Å². The monoisotopic (exact) mass is 357 g/mol. The van der Waals surface area contributed by atoms with Crippen molar-refractivity contribution in [1.29, 1.82) is 0 Å². The summed E-state index contributed by atoms with van der Waals surface area (Å²) in [7, 11) is 1.75. The molecule has 1 heterocycles. The van der Waals surface area contributed by atoms with Crippen LogP contribution in [-0.4, -0.2) is 27.4 Å². The molecule has 1 amide bonds. The van der Waals surface area contributed by atoms with Crippen molar-refractivity contribution < 1.29 is 4.79 Å². The second-order valence-corrected chi connectivity index (χ2v) is 6.58. The maximum atomic E-state index is 12.7. The van der Waals surface area contributed by atoms with Crippen LogP contribution in [0, 0.1) is 0 Å². The second kappa shape index (κ2) is 7.03. The third-order valence-electron chi connectivity index (χ3n) is 4.75. The molecule has 0 atom stereocenters. The summed E-state index contributed by atoms with van der Waals surface area (Å²) in [6.45, 7) is 0.452. The number of carbonyl (C=O) groups is 1. The van der Waals surface area contributed by atoms with Crippen molar-refractivity contribution in [2.24, 2.45) is 0 Å². The van der Waals surface area contributed by atoms with Crippen LogP contribution in [0.15, 0.2) is 77.9 Å². The fourth-order valence-electron chi connectivity index (χ4n) is 3.26. The Morgan fingerprint density at radius 2 is 1.67 bits per heavy atom.